The maximum Gasteiger partial charge on any atom is 0.274 e. The largest absolute Gasteiger partial charge is 0.392 e. The average molecular weight is 271 g/mol. The predicted molar refractivity (Wildman–Crippen MR) is 78.7 cm³/mol. The second-order valence-electron chi connectivity index (χ2n) is 4.27. The molecule has 0 radical (unpaired) electrons. The Labute approximate surface area is 117 Å². The lowest BCUT2D eigenvalue weighted by Gasteiger charge is -2.07. The van der Waals surface area contributed by atoms with E-state index in [4.69, 9.17) is 5.11 Å². The number of hydrogen-bond donors (Lipinski definition) is 3. The summed E-state index contributed by atoms with van der Waals surface area (Å²) in [5.74, 6) is -0.262. The number of anilines is 2. The van der Waals surface area contributed by atoms with Crippen LogP contribution in [0.2, 0.25) is 0 Å². The molecule has 2 rings (SSSR count). The highest BCUT2D eigenvalue weighted by Crippen LogP contribution is 2.12. The van der Waals surface area contributed by atoms with Gasteiger partial charge in [0.15, 0.2) is 0 Å². The molecule has 3 N–H and O–H groups in total. The molecule has 104 valence electrons. The summed E-state index contributed by atoms with van der Waals surface area (Å²) in [6.07, 6.45) is 1.60. The molecule has 5 nitrogen and oxygen atoms in total. The molecule has 0 bridgehead atoms. The van der Waals surface area contributed by atoms with Crippen LogP contribution in [0.5, 0.6) is 0 Å². The Kier molecular flexibility index (Phi) is 4.68. The van der Waals surface area contributed by atoms with Crippen molar-refractivity contribution in [1.29, 1.82) is 0 Å². The van der Waals surface area contributed by atoms with Crippen molar-refractivity contribution in [3.63, 3.8) is 0 Å². The van der Waals surface area contributed by atoms with E-state index < -0.39 is 0 Å². The van der Waals surface area contributed by atoms with Crippen LogP contribution in [0.15, 0.2) is 42.6 Å². The lowest BCUT2D eigenvalue weighted by atomic mass is 10.2. The Bertz CT molecular complexity index is 582. The van der Waals surface area contributed by atoms with Gasteiger partial charge >= 0.3 is 0 Å². The van der Waals surface area contributed by atoms with Crippen LogP contribution in [0, 0.1) is 0 Å². The summed E-state index contributed by atoms with van der Waals surface area (Å²) in [5.41, 5.74) is 2.69. The molecule has 1 aromatic carbocycles. The minimum Gasteiger partial charge on any atom is -0.392 e. The van der Waals surface area contributed by atoms with Crippen molar-refractivity contribution in [3.8, 4) is 0 Å². The third-order valence-corrected chi connectivity index (χ3v) is 2.77. The van der Waals surface area contributed by atoms with Gasteiger partial charge in [0.05, 0.1) is 6.61 Å². The van der Waals surface area contributed by atoms with Crippen LogP contribution in [0.4, 0.5) is 11.4 Å². The van der Waals surface area contributed by atoms with Gasteiger partial charge in [-0.3, -0.25) is 9.78 Å². The summed E-state index contributed by atoms with van der Waals surface area (Å²) >= 11 is 0. The number of carbonyl (C=O) groups excluding carboxylic acids is 1. The molecule has 0 aliphatic heterocycles. The fourth-order valence-corrected chi connectivity index (χ4v) is 1.76. The maximum absolute atomic E-state index is 12.1. The van der Waals surface area contributed by atoms with E-state index in [1.165, 1.54) is 0 Å². The van der Waals surface area contributed by atoms with Gasteiger partial charge in [-0.15, -0.1) is 0 Å². The van der Waals surface area contributed by atoms with E-state index in [2.05, 4.69) is 15.6 Å². The van der Waals surface area contributed by atoms with Crippen LogP contribution < -0.4 is 10.6 Å². The lowest BCUT2D eigenvalue weighted by molar-refractivity contribution is 0.102. The molecule has 5 heteroatoms. The normalized spacial score (nSPS) is 10.1. The minimum absolute atomic E-state index is 0.0134. The first-order valence-electron chi connectivity index (χ1n) is 6.44. The zero-order valence-corrected chi connectivity index (χ0v) is 11.3. The first-order chi connectivity index (χ1) is 9.72. The summed E-state index contributed by atoms with van der Waals surface area (Å²) in [7, 11) is 0. The van der Waals surface area contributed by atoms with Crippen LogP contribution in [-0.2, 0) is 6.61 Å². The van der Waals surface area contributed by atoms with Crippen molar-refractivity contribution < 1.29 is 9.90 Å². The third kappa shape index (κ3) is 3.55. The van der Waals surface area contributed by atoms with Gasteiger partial charge in [0.2, 0.25) is 0 Å². The Balaban J connectivity index is 2.08. The topological polar surface area (TPSA) is 74.2 Å². The molecule has 0 saturated carbocycles. The van der Waals surface area contributed by atoms with Gasteiger partial charge < -0.3 is 15.7 Å². The Morgan fingerprint density at radius 1 is 1.20 bits per heavy atom. The summed E-state index contributed by atoms with van der Waals surface area (Å²) < 4.78 is 0. The van der Waals surface area contributed by atoms with Crippen molar-refractivity contribution >= 4 is 17.3 Å². The first kappa shape index (κ1) is 14.0. The second kappa shape index (κ2) is 6.68. The Morgan fingerprint density at radius 2 is 1.95 bits per heavy atom. The monoisotopic (exact) mass is 271 g/mol. The summed E-state index contributed by atoms with van der Waals surface area (Å²) in [5, 5.41) is 14.9. The first-order valence-corrected chi connectivity index (χ1v) is 6.44. The van der Waals surface area contributed by atoms with Crippen LogP contribution in [0.3, 0.4) is 0 Å². The highest BCUT2D eigenvalue weighted by atomic mass is 16.3. The van der Waals surface area contributed by atoms with Gasteiger partial charge in [-0.25, -0.2) is 0 Å². The molecular formula is C15H17N3O2. The van der Waals surface area contributed by atoms with Crippen molar-refractivity contribution in [2.24, 2.45) is 0 Å². The van der Waals surface area contributed by atoms with Gasteiger partial charge in [0, 0.05) is 24.1 Å². The summed E-state index contributed by atoms with van der Waals surface area (Å²) in [6, 6.07) is 10.5. The standard InChI is InChI=1S/C15H17N3O2/c1-2-16-13-7-8-17-14(9-13)15(20)18-12-5-3-11(10-19)4-6-12/h3-9,19H,2,10H2,1H3,(H,16,17)(H,18,20). The van der Waals surface area contributed by atoms with E-state index in [9.17, 15) is 4.79 Å². The van der Waals surface area contributed by atoms with Crippen LogP contribution in [0.25, 0.3) is 0 Å². The highest BCUT2D eigenvalue weighted by molar-refractivity contribution is 6.03. The van der Waals surface area contributed by atoms with E-state index in [1.807, 2.05) is 13.0 Å². The number of nitrogens with one attached hydrogen (secondary N) is 2. The molecule has 0 spiro atoms. The van der Waals surface area contributed by atoms with Crippen molar-refractivity contribution in [3.05, 3.63) is 53.9 Å². The Hall–Kier alpha value is -2.40. The molecular weight excluding hydrogens is 254 g/mol. The third-order valence-electron chi connectivity index (χ3n) is 2.77. The molecule has 0 saturated heterocycles. The molecule has 2 aromatic rings. The van der Waals surface area contributed by atoms with Gasteiger partial charge in [0.1, 0.15) is 5.69 Å². The number of amides is 1. The van der Waals surface area contributed by atoms with E-state index in [0.29, 0.717) is 11.4 Å². The molecule has 1 aromatic heterocycles. The molecule has 1 amide bonds. The van der Waals surface area contributed by atoms with Crippen molar-refractivity contribution in [1.82, 2.24) is 4.98 Å². The van der Waals surface area contributed by atoms with Gasteiger partial charge in [-0.1, -0.05) is 12.1 Å². The number of carbonyl (C=O) groups is 1. The number of hydrogen-bond acceptors (Lipinski definition) is 4. The number of pyridine rings is 1. The maximum atomic E-state index is 12.1. The lowest BCUT2D eigenvalue weighted by Crippen LogP contribution is -2.14. The molecule has 0 atom stereocenters. The van der Waals surface area contributed by atoms with Crippen molar-refractivity contribution in [2.75, 3.05) is 17.2 Å². The summed E-state index contributed by atoms with van der Waals surface area (Å²) in [6.45, 7) is 2.76. The van der Waals surface area contributed by atoms with Crippen LogP contribution in [0.1, 0.15) is 23.0 Å². The van der Waals surface area contributed by atoms with Gasteiger partial charge in [-0.05, 0) is 36.8 Å². The molecule has 0 fully saturated rings. The predicted octanol–water partition coefficient (Wildman–Crippen LogP) is 2.26. The number of aromatic nitrogens is 1. The van der Waals surface area contributed by atoms with Gasteiger partial charge in [-0.2, -0.15) is 0 Å². The van der Waals surface area contributed by atoms with Crippen LogP contribution >= 0.6 is 0 Å². The molecule has 20 heavy (non-hydrogen) atoms. The number of benzene rings is 1. The molecule has 0 aliphatic rings. The van der Waals surface area contributed by atoms with E-state index >= 15 is 0 Å². The van der Waals surface area contributed by atoms with Crippen LogP contribution in [-0.4, -0.2) is 22.5 Å². The Morgan fingerprint density at radius 3 is 2.60 bits per heavy atom. The number of aliphatic hydroxyl groups excluding tert-OH is 1. The highest BCUT2D eigenvalue weighted by Gasteiger charge is 2.08. The quantitative estimate of drug-likeness (QED) is 0.779. The minimum atomic E-state index is -0.262. The second-order valence-corrected chi connectivity index (χ2v) is 4.27. The average Bonchev–Trinajstić information content (AvgIpc) is 2.48. The van der Waals surface area contributed by atoms with Crippen molar-refractivity contribution in [2.45, 2.75) is 13.5 Å². The van der Waals surface area contributed by atoms with E-state index in [0.717, 1.165) is 17.8 Å². The smallest absolute Gasteiger partial charge is 0.274 e. The number of rotatable bonds is 5. The zero-order chi connectivity index (χ0) is 14.4. The molecule has 0 unspecified atom stereocenters. The number of nitrogens with zero attached hydrogens (tertiary/aromatic N) is 1. The SMILES string of the molecule is CCNc1ccnc(C(=O)Nc2ccc(CO)cc2)c1. The van der Waals surface area contributed by atoms with E-state index in [-0.39, 0.29) is 12.5 Å². The van der Waals surface area contributed by atoms with E-state index in [1.54, 1.807) is 36.5 Å². The summed E-state index contributed by atoms with van der Waals surface area (Å²) in [4.78, 5) is 16.1. The molecule has 0 aliphatic carbocycles. The molecule has 1 heterocycles. The van der Waals surface area contributed by atoms with Gasteiger partial charge in [0.25, 0.3) is 5.91 Å². The zero-order valence-electron chi connectivity index (χ0n) is 11.3. The number of aliphatic hydroxyl groups is 1. The fourth-order valence-electron chi connectivity index (χ4n) is 1.76. The fraction of sp³-hybridized carbons (Fsp3) is 0.200.